The first-order valence-corrected chi connectivity index (χ1v) is 10.1. The maximum absolute atomic E-state index is 6.11. The van der Waals surface area contributed by atoms with Gasteiger partial charge in [0.1, 0.15) is 6.17 Å². The van der Waals surface area contributed by atoms with Crippen molar-refractivity contribution in [3.63, 3.8) is 0 Å². The number of hydrazone groups is 1. The number of thiophene rings is 1. The second-order valence-corrected chi connectivity index (χ2v) is 8.06. The molecule has 0 saturated heterocycles. The van der Waals surface area contributed by atoms with Crippen molar-refractivity contribution in [2.24, 2.45) is 11.0 Å². The Morgan fingerprint density at radius 2 is 2.10 bits per heavy atom. The van der Waals surface area contributed by atoms with Crippen molar-refractivity contribution >= 4 is 40.7 Å². The highest BCUT2D eigenvalue weighted by Crippen LogP contribution is 2.38. The Morgan fingerprint density at radius 1 is 1.33 bits per heavy atom. The molecule has 116 valence electrons. The number of rotatable bonds is 4. The maximum atomic E-state index is 6.11. The van der Waals surface area contributed by atoms with Crippen LogP contribution < -0.4 is 0 Å². The summed E-state index contributed by atoms with van der Waals surface area (Å²) >= 11 is 9.47. The van der Waals surface area contributed by atoms with Crippen LogP contribution in [-0.4, -0.2) is 34.1 Å². The van der Waals surface area contributed by atoms with E-state index in [0.717, 1.165) is 22.6 Å². The van der Waals surface area contributed by atoms with Gasteiger partial charge in [-0.15, -0.1) is 16.4 Å². The highest BCUT2D eigenvalue weighted by atomic mass is 35.5. The molecule has 6 heteroatoms. The van der Waals surface area contributed by atoms with E-state index in [2.05, 4.69) is 28.6 Å². The Morgan fingerprint density at radius 3 is 2.67 bits per heavy atom. The lowest BCUT2D eigenvalue weighted by atomic mass is 9.86. The van der Waals surface area contributed by atoms with E-state index >= 15 is 0 Å². The zero-order valence-electron chi connectivity index (χ0n) is 12.6. The minimum Gasteiger partial charge on any atom is -0.331 e. The average Bonchev–Trinajstić information content (AvgIpc) is 3.10. The highest BCUT2D eigenvalue weighted by molar-refractivity contribution is 7.96. The smallest absolute Gasteiger partial charge is 0.168 e. The molecule has 1 atom stereocenters. The molecule has 3 rings (SSSR count). The molecule has 3 nitrogen and oxygen atoms in total. The van der Waals surface area contributed by atoms with Gasteiger partial charge in [-0.2, -0.15) is 0 Å². The Kier molecular flexibility index (Phi) is 5.02. The Balaban J connectivity index is 1.87. The fraction of sp³-hybridized carbons (Fsp3) is 0.667. The van der Waals surface area contributed by atoms with Crippen LogP contribution in [0.1, 0.15) is 43.9 Å². The van der Waals surface area contributed by atoms with Crippen LogP contribution in [-0.2, 0) is 0 Å². The normalized spacial score (nSPS) is 23.8. The molecule has 1 unspecified atom stereocenters. The minimum atomic E-state index is 0.404. The number of nitrogens with zero attached hydrogens (tertiary/aromatic N) is 3. The largest absolute Gasteiger partial charge is 0.331 e. The molecule has 1 saturated carbocycles. The van der Waals surface area contributed by atoms with E-state index < -0.39 is 0 Å². The molecular weight excluding hydrogens is 322 g/mol. The molecule has 1 aliphatic carbocycles. The summed E-state index contributed by atoms with van der Waals surface area (Å²) in [4.78, 5) is 3.65. The zero-order valence-corrected chi connectivity index (χ0v) is 15.0. The lowest BCUT2D eigenvalue weighted by molar-refractivity contribution is 0.123. The molecular formula is C15H22ClN3S2. The van der Waals surface area contributed by atoms with E-state index in [1.165, 1.54) is 37.0 Å². The molecule has 1 aromatic rings. The topological polar surface area (TPSA) is 18.8 Å². The van der Waals surface area contributed by atoms with E-state index in [0.29, 0.717) is 6.17 Å². The lowest BCUT2D eigenvalue weighted by Gasteiger charge is -2.37. The molecule has 0 spiro atoms. The number of halogens is 1. The summed E-state index contributed by atoms with van der Waals surface area (Å²) in [7, 11) is 0. The van der Waals surface area contributed by atoms with Crippen molar-refractivity contribution in [3.05, 3.63) is 21.3 Å². The van der Waals surface area contributed by atoms with Crippen molar-refractivity contribution in [1.29, 1.82) is 0 Å². The van der Waals surface area contributed by atoms with Gasteiger partial charge in [-0.25, -0.2) is 4.41 Å². The SMILES string of the molecule is CCN1C(c2ccc(Cl)s2)=NN(SC)C1C1CCCCC1. The fourth-order valence-electron chi connectivity index (χ4n) is 3.43. The molecule has 0 radical (unpaired) electrons. The Hall–Kier alpha value is -0.390. The van der Waals surface area contributed by atoms with Crippen LogP contribution in [0.25, 0.3) is 0 Å². The number of hydrogen-bond acceptors (Lipinski definition) is 5. The van der Waals surface area contributed by atoms with E-state index in [4.69, 9.17) is 16.7 Å². The summed E-state index contributed by atoms with van der Waals surface area (Å²) in [5.74, 6) is 1.82. The second kappa shape index (κ2) is 6.80. The van der Waals surface area contributed by atoms with E-state index in [1.807, 2.05) is 6.07 Å². The molecule has 0 bridgehead atoms. The van der Waals surface area contributed by atoms with Crippen LogP contribution in [0.5, 0.6) is 0 Å². The molecule has 1 aliphatic heterocycles. The van der Waals surface area contributed by atoms with E-state index in [1.54, 1.807) is 23.3 Å². The second-order valence-electron chi connectivity index (χ2n) is 5.61. The predicted octanol–water partition coefficient (Wildman–Crippen LogP) is 4.89. The summed E-state index contributed by atoms with van der Waals surface area (Å²) in [5.41, 5.74) is 0. The van der Waals surface area contributed by atoms with Gasteiger partial charge < -0.3 is 4.90 Å². The first kappa shape index (κ1) is 15.5. The number of hydrogen-bond donors (Lipinski definition) is 0. The Labute approximate surface area is 140 Å². The monoisotopic (exact) mass is 343 g/mol. The molecule has 0 N–H and O–H groups in total. The summed E-state index contributed by atoms with van der Waals surface area (Å²) < 4.78 is 3.04. The van der Waals surface area contributed by atoms with E-state index in [9.17, 15) is 0 Å². The summed E-state index contributed by atoms with van der Waals surface area (Å²) in [6.45, 7) is 3.22. The van der Waals surface area contributed by atoms with Gasteiger partial charge in [-0.05, 0) is 43.8 Å². The maximum Gasteiger partial charge on any atom is 0.168 e. The number of amidine groups is 1. The van der Waals surface area contributed by atoms with Crippen LogP contribution >= 0.6 is 34.9 Å². The molecule has 0 aromatic carbocycles. The predicted molar refractivity (Wildman–Crippen MR) is 94.0 cm³/mol. The van der Waals surface area contributed by atoms with Crippen LogP contribution in [0.4, 0.5) is 0 Å². The third-order valence-electron chi connectivity index (χ3n) is 4.40. The summed E-state index contributed by atoms with van der Waals surface area (Å²) in [6.07, 6.45) is 9.29. The molecule has 1 fully saturated rings. The quantitative estimate of drug-likeness (QED) is 0.726. The fourth-order valence-corrected chi connectivity index (χ4v) is 5.14. The van der Waals surface area contributed by atoms with Gasteiger partial charge in [0.25, 0.3) is 0 Å². The minimum absolute atomic E-state index is 0.404. The summed E-state index contributed by atoms with van der Waals surface area (Å²) in [6, 6.07) is 4.06. The Bertz CT molecular complexity index is 511. The van der Waals surface area contributed by atoms with Crippen LogP contribution in [0, 0.1) is 5.92 Å². The van der Waals surface area contributed by atoms with Crippen LogP contribution in [0.15, 0.2) is 17.2 Å². The third kappa shape index (κ3) is 3.06. The molecule has 0 amide bonds. The van der Waals surface area contributed by atoms with Crippen LogP contribution in [0.3, 0.4) is 0 Å². The van der Waals surface area contributed by atoms with Crippen molar-refractivity contribution in [3.8, 4) is 0 Å². The van der Waals surface area contributed by atoms with Crippen molar-refractivity contribution < 1.29 is 0 Å². The molecule has 21 heavy (non-hydrogen) atoms. The molecule has 1 aromatic heterocycles. The first-order chi connectivity index (χ1) is 10.2. The van der Waals surface area contributed by atoms with Gasteiger partial charge in [-0.3, -0.25) is 0 Å². The summed E-state index contributed by atoms with van der Waals surface area (Å²) in [5, 5.41) is 4.89. The molecule has 2 aliphatic rings. The van der Waals surface area contributed by atoms with E-state index in [-0.39, 0.29) is 0 Å². The van der Waals surface area contributed by atoms with Gasteiger partial charge in [-0.1, -0.05) is 30.9 Å². The van der Waals surface area contributed by atoms with Gasteiger partial charge in [0.05, 0.1) is 9.21 Å². The average molecular weight is 344 g/mol. The lowest BCUT2D eigenvalue weighted by Crippen LogP contribution is -2.45. The highest BCUT2D eigenvalue weighted by Gasteiger charge is 2.39. The van der Waals surface area contributed by atoms with Gasteiger partial charge in [0.15, 0.2) is 5.84 Å². The van der Waals surface area contributed by atoms with Crippen LogP contribution in [0.2, 0.25) is 4.34 Å². The van der Waals surface area contributed by atoms with Gasteiger partial charge in [0, 0.05) is 18.7 Å². The zero-order chi connectivity index (χ0) is 14.8. The van der Waals surface area contributed by atoms with Crippen molar-refractivity contribution in [2.75, 3.05) is 12.8 Å². The van der Waals surface area contributed by atoms with Crippen molar-refractivity contribution in [1.82, 2.24) is 9.31 Å². The van der Waals surface area contributed by atoms with Gasteiger partial charge in [0.2, 0.25) is 0 Å². The first-order valence-electron chi connectivity index (χ1n) is 7.69. The van der Waals surface area contributed by atoms with Gasteiger partial charge >= 0.3 is 0 Å². The van der Waals surface area contributed by atoms with Crippen molar-refractivity contribution in [2.45, 2.75) is 45.2 Å². The molecule has 2 heterocycles. The third-order valence-corrected chi connectivity index (χ3v) is 6.30. The standard InChI is InChI=1S/C15H22ClN3S2/c1-3-18-14(12-9-10-13(16)21-12)17-19(20-2)15(18)11-7-5-4-6-8-11/h9-11,15H,3-8H2,1-2H3.